The van der Waals surface area contributed by atoms with E-state index in [0.717, 1.165) is 47.8 Å². The fraction of sp³-hybridized carbons (Fsp3) is 0.591. The number of rotatable bonds is 6. The lowest BCUT2D eigenvalue weighted by molar-refractivity contribution is -0.0401. The number of fused-ring (bicyclic) bond motifs is 5. The normalized spacial score (nSPS) is 15.9. The Morgan fingerprint density at radius 3 is 2.71 bits per heavy atom. The van der Waals surface area contributed by atoms with Gasteiger partial charge in [-0.05, 0) is 39.2 Å². The zero-order valence-corrected chi connectivity index (χ0v) is 18.4. The van der Waals surface area contributed by atoms with Crippen LogP contribution in [0.2, 0.25) is 0 Å². The minimum Gasteiger partial charge on any atom is -0.370 e. The molecule has 0 saturated heterocycles. The fourth-order valence-electron chi connectivity index (χ4n) is 4.14. The van der Waals surface area contributed by atoms with Crippen molar-refractivity contribution in [2.75, 3.05) is 18.0 Å². The highest BCUT2D eigenvalue weighted by atomic mass is 32.1. The van der Waals surface area contributed by atoms with Crippen LogP contribution in [-0.4, -0.2) is 33.6 Å². The Labute approximate surface area is 171 Å². The van der Waals surface area contributed by atoms with Gasteiger partial charge in [0.05, 0.1) is 22.4 Å². The van der Waals surface area contributed by atoms with Gasteiger partial charge in [0.2, 0.25) is 0 Å². The third-order valence-electron chi connectivity index (χ3n) is 5.69. The number of aryl methyl sites for hydroxylation is 1. The Morgan fingerprint density at radius 2 is 2.00 bits per heavy atom. The van der Waals surface area contributed by atoms with Crippen molar-refractivity contribution in [3.05, 3.63) is 23.1 Å². The second-order valence-electron chi connectivity index (χ2n) is 8.18. The summed E-state index contributed by atoms with van der Waals surface area (Å²) in [5.41, 5.74) is 4.71. The average Bonchev–Trinajstić information content (AvgIpc) is 3.06. The summed E-state index contributed by atoms with van der Waals surface area (Å²) in [5, 5.41) is 1.22. The van der Waals surface area contributed by atoms with E-state index < -0.39 is 0 Å². The van der Waals surface area contributed by atoms with Crippen LogP contribution in [0.25, 0.3) is 20.4 Å². The van der Waals surface area contributed by atoms with Crippen LogP contribution in [0.4, 0.5) is 5.82 Å². The van der Waals surface area contributed by atoms with Crippen LogP contribution in [0.3, 0.4) is 0 Å². The topological polar surface area (TPSA) is 51.1 Å². The lowest BCUT2D eigenvalue weighted by Gasteiger charge is -2.33. The first kappa shape index (κ1) is 19.5. The molecule has 3 aromatic rings. The first-order valence-corrected chi connectivity index (χ1v) is 11.3. The van der Waals surface area contributed by atoms with Gasteiger partial charge in [-0.15, -0.1) is 11.3 Å². The zero-order chi connectivity index (χ0) is 19.9. The van der Waals surface area contributed by atoms with E-state index in [4.69, 9.17) is 14.7 Å². The lowest BCUT2D eigenvalue weighted by Crippen LogP contribution is -2.32. The number of pyridine rings is 1. The first-order valence-electron chi connectivity index (χ1n) is 10.5. The molecule has 0 aromatic carbocycles. The van der Waals surface area contributed by atoms with Gasteiger partial charge in [0.25, 0.3) is 0 Å². The van der Waals surface area contributed by atoms with Gasteiger partial charge in [-0.1, -0.05) is 20.3 Å². The fourth-order valence-corrected chi connectivity index (χ4v) is 5.34. The SMILES string of the molecule is CCCCN(CC)c1ncnc2c1sc1nc(CC)c3c(c12)CC(C)(C)OC3. The number of nitrogens with zero attached hydrogens (tertiary/aromatic N) is 4. The van der Waals surface area contributed by atoms with Crippen molar-refractivity contribution in [3.8, 4) is 0 Å². The molecule has 1 aliphatic rings. The van der Waals surface area contributed by atoms with Crippen LogP contribution in [-0.2, 0) is 24.2 Å². The molecule has 0 radical (unpaired) electrons. The molecule has 0 N–H and O–H groups in total. The van der Waals surface area contributed by atoms with E-state index in [9.17, 15) is 0 Å². The Bertz CT molecular complexity index is 1010. The van der Waals surface area contributed by atoms with E-state index in [1.54, 1.807) is 17.7 Å². The van der Waals surface area contributed by atoms with E-state index in [2.05, 4.69) is 44.5 Å². The summed E-state index contributed by atoms with van der Waals surface area (Å²) < 4.78 is 7.29. The van der Waals surface area contributed by atoms with E-state index in [1.807, 2.05) is 0 Å². The minimum absolute atomic E-state index is 0.160. The summed E-state index contributed by atoms with van der Waals surface area (Å²) in [6.45, 7) is 13.6. The third-order valence-corrected chi connectivity index (χ3v) is 6.76. The number of thiophene rings is 1. The van der Waals surface area contributed by atoms with E-state index in [0.29, 0.717) is 6.61 Å². The second kappa shape index (κ2) is 7.56. The smallest absolute Gasteiger partial charge is 0.150 e. The van der Waals surface area contributed by atoms with Crippen LogP contribution in [0, 0.1) is 0 Å². The van der Waals surface area contributed by atoms with Crippen molar-refractivity contribution in [1.82, 2.24) is 15.0 Å². The van der Waals surface area contributed by atoms with Gasteiger partial charge in [-0.25, -0.2) is 15.0 Å². The van der Waals surface area contributed by atoms with Crippen LogP contribution in [0.1, 0.15) is 64.3 Å². The molecule has 0 unspecified atom stereocenters. The standard InChI is InChI=1S/C22H30N4OS/c1-6-9-10-26(8-3)20-19-18(23-13-24-20)17-14-11-22(4,5)27-12-15(14)16(7-2)25-21(17)28-19/h13H,6-12H2,1-5H3. The maximum absolute atomic E-state index is 6.12. The summed E-state index contributed by atoms with van der Waals surface area (Å²) in [5.74, 6) is 1.06. The Balaban J connectivity index is 1.97. The third kappa shape index (κ3) is 3.26. The van der Waals surface area contributed by atoms with Crippen molar-refractivity contribution in [3.63, 3.8) is 0 Å². The lowest BCUT2D eigenvalue weighted by atomic mass is 9.89. The van der Waals surface area contributed by atoms with Gasteiger partial charge in [-0.2, -0.15) is 0 Å². The summed E-state index contributed by atoms with van der Waals surface area (Å²) in [7, 11) is 0. The highest BCUT2D eigenvalue weighted by molar-refractivity contribution is 7.26. The van der Waals surface area contributed by atoms with E-state index in [1.165, 1.54) is 34.1 Å². The summed E-state index contributed by atoms with van der Waals surface area (Å²) in [4.78, 5) is 17.9. The van der Waals surface area contributed by atoms with E-state index in [-0.39, 0.29) is 5.60 Å². The number of anilines is 1. The van der Waals surface area contributed by atoms with Crippen molar-refractivity contribution in [2.24, 2.45) is 0 Å². The van der Waals surface area contributed by atoms with Crippen LogP contribution < -0.4 is 4.90 Å². The Morgan fingerprint density at radius 1 is 1.18 bits per heavy atom. The van der Waals surface area contributed by atoms with Crippen molar-refractivity contribution in [1.29, 1.82) is 0 Å². The van der Waals surface area contributed by atoms with Gasteiger partial charge in [-0.3, -0.25) is 0 Å². The van der Waals surface area contributed by atoms with Crippen molar-refractivity contribution in [2.45, 2.75) is 72.5 Å². The first-order chi connectivity index (χ1) is 13.5. The van der Waals surface area contributed by atoms with Gasteiger partial charge < -0.3 is 9.64 Å². The number of aromatic nitrogens is 3. The van der Waals surface area contributed by atoms with Crippen molar-refractivity contribution < 1.29 is 4.74 Å². The molecular formula is C22H30N4OS. The second-order valence-corrected chi connectivity index (χ2v) is 9.18. The number of unbranched alkanes of at least 4 members (excludes halogenated alkanes) is 1. The summed E-state index contributed by atoms with van der Waals surface area (Å²) >= 11 is 1.75. The number of hydrogen-bond donors (Lipinski definition) is 0. The quantitative estimate of drug-likeness (QED) is 0.565. The Hall–Kier alpha value is -1.79. The molecule has 5 nitrogen and oxygen atoms in total. The van der Waals surface area contributed by atoms with Gasteiger partial charge in [0, 0.05) is 36.2 Å². The van der Waals surface area contributed by atoms with E-state index >= 15 is 0 Å². The van der Waals surface area contributed by atoms with Crippen LogP contribution >= 0.6 is 11.3 Å². The summed E-state index contributed by atoms with van der Waals surface area (Å²) in [6.07, 6.45) is 5.90. The zero-order valence-electron chi connectivity index (χ0n) is 17.6. The van der Waals surface area contributed by atoms with Gasteiger partial charge in [0.15, 0.2) is 0 Å². The molecule has 4 rings (SSSR count). The number of hydrogen-bond acceptors (Lipinski definition) is 6. The molecule has 0 fully saturated rings. The molecule has 0 saturated carbocycles. The molecule has 0 bridgehead atoms. The molecular weight excluding hydrogens is 368 g/mol. The maximum atomic E-state index is 6.12. The predicted octanol–water partition coefficient (Wildman–Crippen LogP) is 5.28. The van der Waals surface area contributed by atoms with Gasteiger partial charge in [0.1, 0.15) is 17.0 Å². The Kier molecular flexibility index (Phi) is 5.27. The van der Waals surface area contributed by atoms with Crippen LogP contribution in [0.15, 0.2) is 6.33 Å². The molecule has 0 amide bonds. The largest absolute Gasteiger partial charge is 0.370 e. The summed E-state index contributed by atoms with van der Waals surface area (Å²) in [6, 6.07) is 0. The molecule has 0 atom stereocenters. The maximum Gasteiger partial charge on any atom is 0.150 e. The molecule has 6 heteroatoms. The molecule has 3 aromatic heterocycles. The molecule has 0 spiro atoms. The monoisotopic (exact) mass is 398 g/mol. The minimum atomic E-state index is -0.160. The number of ether oxygens (including phenoxy) is 1. The molecule has 4 heterocycles. The highest BCUT2D eigenvalue weighted by Gasteiger charge is 2.31. The molecule has 150 valence electrons. The molecule has 28 heavy (non-hydrogen) atoms. The van der Waals surface area contributed by atoms with Crippen LogP contribution in [0.5, 0.6) is 0 Å². The molecule has 0 aliphatic carbocycles. The molecule has 1 aliphatic heterocycles. The highest BCUT2D eigenvalue weighted by Crippen LogP contribution is 2.42. The van der Waals surface area contributed by atoms with Crippen molar-refractivity contribution >= 4 is 37.6 Å². The van der Waals surface area contributed by atoms with Gasteiger partial charge >= 0.3 is 0 Å². The average molecular weight is 399 g/mol. The predicted molar refractivity (Wildman–Crippen MR) is 117 cm³/mol.